The molecule has 0 aliphatic carbocycles. The maximum Gasteiger partial charge on any atom is 0.238 e. The first-order valence-corrected chi connectivity index (χ1v) is 7.89. The molecule has 2 unspecified atom stereocenters. The highest BCUT2D eigenvalue weighted by Crippen LogP contribution is 2.23. The van der Waals surface area contributed by atoms with Crippen molar-refractivity contribution in [2.24, 2.45) is 11.7 Å². The molecule has 0 aromatic heterocycles. The van der Waals surface area contributed by atoms with Crippen molar-refractivity contribution in [2.45, 2.75) is 32.7 Å². The molecule has 1 aliphatic heterocycles. The number of nitrogens with two attached hydrogens (primary N) is 1. The molecule has 1 amide bonds. The SMILES string of the molecule is Cc1ccc(Cl)cc1NC(=O)CN1CCCC(C)C1CN. The predicted octanol–water partition coefficient (Wildman–Crippen LogP) is 2.65. The minimum atomic E-state index is -0.00656. The number of aryl methyl sites for hydroxylation is 1. The van der Waals surface area contributed by atoms with Crippen LogP contribution in [0.2, 0.25) is 5.02 Å². The van der Waals surface area contributed by atoms with E-state index in [0.717, 1.165) is 24.2 Å². The number of hydrogen-bond acceptors (Lipinski definition) is 3. The van der Waals surface area contributed by atoms with Gasteiger partial charge in [-0.15, -0.1) is 0 Å². The molecule has 1 fully saturated rings. The second kappa shape index (κ2) is 7.25. The Hall–Kier alpha value is -1.10. The lowest BCUT2D eigenvalue weighted by Crippen LogP contribution is -2.51. The molecule has 0 saturated carbocycles. The lowest BCUT2D eigenvalue weighted by atomic mass is 9.91. The molecule has 0 spiro atoms. The molecule has 1 aromatic carbocycles. The van der Waals surface area contributed by atoms with E-state index in [1.165, 1.54) is 6.42 Å². The number of anilines is 1. The number of amides is 1. The van der Waals surface area contributed by atoms with Gasteiger partial charge in [0.25, 0.3) is 0 Å². The van der Waals surface area contributed by atoms with Gasteiger partial charge in [0.05, 0.1) is 6.54 Å². The number of rotatable bonds is 4. The Morgan fingerprint density at radius 2 is 2.29 bits per heavy atom. The number of carbonyl (C=O) groups is 1. The van der Waals surface area contributed by atoms with Crippen molar-refractivity contribution in [2.75, 3.05) is 25.0 Å². The predicted molar refractivity (Wildman–Crippen MR) is 87.6 cm³/mol. The van der Waals surface area contributed by atoms with Crippen LogP contribution in [0.25, 0.3) is 0 Å². The Kier molecular flexibility index (Phi) is 5.62. The summed E-state index contributed by atoms with van der Waals surface area (Å²) in [6.07, 6.45) is 2.31. The minimum Gasteiger partial charge on any atom is -0.329 e. The van der Waals surface area contributed by atoms with E-state index < -0.39 is 0 Å². The number of likely N-dealkylation sites (tertiary alicyclic amines) is 1. The summed E-state index contributed by atoms with van der Waals surface area (Å²) in [6, 6.07) is 5.81. The van der Waals surface area contributed by atoms with Crippen molar-refractivity contribution in [3.8, 4) is 0 Å². The highest BCUT2D eigenvalue weighted by molar-refractivity contribution is 6.31. The van der Waals surface area contributed by atoms with Crippen LogP contribution in [-0.2, 0) is 4.79 Å². The summed E-state index contributed by atoms with van der Waals surface area (Å²) in [5.74, 6) is 0.539. The molecule has 3 N–H and O–H groups in total. The third kappa shape index (κ3) is 4.19. The Morgan fingerprint density at radius 1 is 1.52 bits per heavy atom. The van der Waals surface area contributed by atoms with Gasteiger partial charge in [-0.2, -0.15) is 0 Å². The number of carbonyl (C=O) groups excluding carboxylic acids is 1. The molecule has 1 aliphatic rings. The van der Waals surface area contributed by atoms with Crippen LogP contribution in [0.5, 0.6) is 0 Å². The summed E-state index contributed by atoms with van der Waals surface area (Å²) in [6.45, 7) is 6.09. The topological polar surface area (TPSA) is 58.4 Å². The number of halogens is 1. The van der Waals surface area contributed by atoms with Gasteiger partial charge in [-0.25, -0.2) is 0 Å². The summed E-state index contributed by atoms with van der Waals surface area (Å²) in [4.78, 5) is 14.5. The standard InChI is InChI=1S/C16H24ClN3O/c1-11-5-6-13(17)8-14(11)19-16(21)10-20-7-3-4-12(2)15(20)9-18/h5-6,8,12,15H,3-4,7,9-10,18H2,1-2H3,(H,19,21). The molecule has 1 saturated heterocycles. The molecular weight excluding hydrogens is 286 g/mol. The van der Waals surface area contributed by atoms with Crippen molar-refractivity contribution in [3.05, 3.63) is 28.8 Å². The van der Waals surface area contributed by atoms with Crippen LogP contribution < -0.4 is 11.1 Å². The van der Waals surface area contributed by atoms with E-state index in [9.17, 15) is 4.79 Å². The second-order valence-corrected chi connectivity index (χ2v) is 6.34. The van der Waals surface area contributed by atoms with Gasteiger partial charge in [-0.05, 0) is 49.9 Å². The van der Waals surface area contributed by atoms with Crippen molar-refractivity contribution in [3.63, 3.8) is 0 Å². The zero-order valence-corrected chi connectivity index (χ0v) is 13.5. The zero-order valence-electron chi connectivity index (χ0n) is 12.7. The Morgan fingerprint density at radius 3 is 3.00 bits per heavy atom. The zero-order chi connectivity index (χ0) is 15.4. The molecule has 2 rings (SSSR count). The van der Waals surface area contributed by atoms with E-state index in [1.54, 1.807) is 6.07 Å². The summed E-state index contributed by atoms with van der Waals surface area (Å²) in [5.41, 5.74) is 7.65. The summed E-state index contributed by atoms with van der Waals surface area (Å²) in [7, 11) is 0. The summed E-state index contributed by atoms with van der Waals surface area (Å²) < 4.78 is 0. The normalized spacial score (nSPS) is 23.0. The van der Waals surface area contributed by atoms with E-state index in [1.807, 2.05) is 19.1 Å². The summed E-state index contributed by atoms with van der Waals surface area (Å²) >= 11 is 5.98. The van der Waals surface area contributed by atoms with Gasteiger partial charge in [-0.1, -0.05) is 24.6 Å². The van der Waals surface area contributed by atoms with Gasteiger partial charge in [0.1, 0.15) is 0 Å². The van der Waals surface area contributed by atoms with E-state index >= 15 is 0 Å². The maximum absolute atomic E-state index is 12.3. The van der Waals surface area contributed by atoms with Gasteiger partial charge in [0.15, 0.2) is 0 Å². The molecule has 0 bridgehead atoms. The molecule has 1 aromatic rings. The highest BCUT2D eigenvalue weighted by atomic mass is 35.5. The average molecular weight is 310 g/mol. The largest absolute Gasteiger partial charge is 0.329 e. The van der Waals surface area contributed by atoms with Crippen molar-refractivity contribution >= 4 is 23.2 Å². The fraction of sp³-hybridized carbons (Fsp3) is 0.562. The molecule has 116 valence electrons. The van der Waals surface area contributed by atoms with Gasteiger partial charge >= 0.3 is 0 Å². The summed E-state index contributed by atoms with van der Waals surface area (Å²) in [5, 5.41) is 3.58. The molecule has 5 heteroatoms. The number of nitrogens with zero attached hydrogens (tertiary/aromatic N) is 1. The van der Waals surface area contributed by atoms with Gasteiger partial charge in [0, 0.05) is 23.3 Å². The molecule has 2 atom stereocenters. The van der Waals surface area contributed by atoms with E-state index in [-0.39, 0.29) is 5.91 Å². The van der Waals surface area contributed by atoms with Crippen LogP contribution in [0.4, 0.5) is 5.69 Å². The van der Waals surface area contributed by atoms with Crippen LogP contribution >= 0.6 is 11.6 Å². The van der Waals surface area contributed by atoms with Crippen molar-refractivity contribution in [1.82, 2.24) is 4.90 Å². The average Bonchev–Trinajstić information content (AvgIpc) is 2.43. The third-order valence-corrected chi connectivity index (χ3v) is 4.53. The number of nitrogens with one attached hydrogen (secondary N) is 1. The number of piperidine rings is 1. The van der Waals surface area contributed by atoms with Crippen LogP contribution in [-0.4, -0.2) is 36.5 Å². The van der Waals surface area contributed by atoms with Crippen LogP contribution in [0.15, 0.2) is 18.2 Å². The smallest absolute Gasteiger partial charge is 0.238 e. The van der Waals surface area contributed by atoms with Crippen LogP contribution in [0.3, 0.4) is 0 Å². The van der Waals surface area contributed by atoms with Gasteiger partial charge < -0.3 is 11.1 Å². The third-order valence-electron chi connectivity index (χ3n) is 4.29. The maximum atomic E-state index is 12.3. The molecule has 4 nitrogen and oxygen atoms in total. The Labute approximate surface area is 131 Å². The fourth-order valence-electron chi connectivity index (χ4n) is 3.02. The number of hydrogen-bond donors (Lipinski definition) is 2. The second-order valence-electron chi connectivity index (χ2n) is 5.90. The van der Waals surface area contributed by atoms with E-state index in [2.05, 4.69) is 17.1 Å². The Balaban J connectivity index is 1.99. The fourth-order valence-corrected chi connectivity index (χ4v) is 3.19. The van der Waals surface area contributed by atoms with Crippen molar-refractivity contribution in [1.29, 1.82) is 0 Å². The van der Waals surface area contributed by atoms with Crippen LogP contribution in [0, 0.1) is 12.8 Å². The van der Waals surface area contributed by atoms with Gasteiger partial charge in [-0.3, -0.25) is 9.69 Å². The first-order chi connectivity index (χ1) is 10.0. The highest BCUT2D eigenvalue weighted by Gasteiger charge is 2.28. The Bertz CT molecular complexity index is 506. The lowest BCUT2D eigenvalue weighted by molar-refractivity contribution is -0.118. The van der Waals surface area contributed by atoms with Crippen LogP contribution in [0.1, 0.15) is 25.3 Å². The monoisotopic (exact) mass is 309 g/mol. The first kappa shape index (κ1) is 16.3. The molecular formula is C16H24ClN3O. The molecule has 21 heavy (non-hydrogen) atoms. The quantitative estimate of drug-likeness (QED) is 0.899. The van der Waals surface area contributed by atoms with Crippen molar-refractivity contribution < 1.29 is 4.79 Å². The first-order valence-electron chi connectivity index (χ1n) is 7.51. The molecule has 1 heterocycles. The van der Waals surface area contributed by atoms with E-state index in [4.69, 9.17) is 17.3 Å². The molecule has 0 radical (unpaired) electrons. The minimum absolute atomic E-state index is 0.00656. The number of benzene rings is 1. The van der Waals surface area contributed by atoms with E-state index in [0.29, 0.717) is 30.1 Å². The lowest BCUT2D eigenvalue weighted by Gasteiger charge is -2.38. The van der Waals surface area contributed by atoms with Gasteiger partial charge in [0.2, 0.25) is 5.91 Å².